The zero-order valence-corrected chi connectivity index (χ0v) is 21.2. The third kappa shape index (κ3) is 4.57. The quantitative estimate of drug-likeness (QED) is 0.389. The van der Waals surface area contributed by atoms with Crippen LogP contribution in [0.2, 0.25) is 5.02 Å². The van der Waals surface area contributed by atoms with Crippen LogP contribution in [0.15, 0.2) is 12.1 Å². The van der Waals surface area contributed by atoms with Gasteiger partial charge >= 0.3 is 11.9 Å². The van der Waals surface area contributed by atoms with Crippen molar-refractivity contribution in [2.75, 3.05) is 13.7 Å². The van der Waals surface area contributed by atoms with Gasteiger partial charge in [0.25, 0.3) is 0 Å². The number of fused-ring (bicyclic) bond motifs is 2. The lowest BCUT2D eigenvalue weighted by Gasteiger charge is -2.11. The largest absolute Gasteiger partial charge is 0.466 e. The highest BCUT2D eigenvalue weighted by Crippen LogP contribution is 2.43. The summed E-state index contributed by atoms with van der Waals surface area (Å²) in [5, 5.41) is 16.0. The minimum Gasteiger partial charge on any atom is -0.466 e. The highest BCUT2D eigenvalue weighted by Gasteiger charge is 2.29. The molecule has 2 aromatic heterocycles. The lowest BCUT2D eigenvalue weighted by molar-refractivity contribution is -0.141. The van der Waals surface area contributed by atoms with Crippen molar-refractivity contribution in [2.45, 2.75) is 59.6 Å². The molecule has 0 unspecified atom stereocenters. The third-order valence-electron chi connectivity index (χ3n) is 5.98. The van der Waals surface area contributed by atoms with E-state index in [1.165, 1.54) is 14.0 Å². The van der Waals surface area contributed by atoms with E-state index in [4.69, 9.17) is 21.1 Å². The predicted octanol–water partition coefficient (Wildman–Crippen LogP) is 4.44. The first-order valence-electron chi connectivity index (χ1n) is 11.6. The van der Waals surface area contributed by atoms with Gasteiger partial charge in [-0.05, 0) is 37.3 Å². The minimum absolute atomic E-state index is 0.203. The Morgan fingerprint density at radius 1 is 1.24 bits per heavy atom. The fourth-order valence-electron chi connectivity index (χ4n) is 4.70. The number of hydrogen-bond donors (Lipinski definition) is 1. The number of aliphatic hydroxyl groups excluding tert-OH is 1. The molecule has 0 atom stereocenters. The van der Waals surface area contributed by atoms with Crippen molar-refractivity contribution in [2.24, 2.45) is 7.05 Å². The maximum atomic E-state index is 12.7. The van der Waals surface area contributed by atoms with Crippen LogP contribution in [-0.4, -0.2) is 45.1 Å². The van der Waals surface area contributed by atoms with Gasteiger partial charge in [-0.25, -0.2) is 4.79 Å². The summed E-state index contributed by atoms with van der Waals surface area (Å²) in [5.41, 5.74) is 5.25. The van der Waals surface area contributed by atoms with Gasteiger partial charge in [0.15, 0.2) is 0 Å². The van der Waals surface area contributed by atoms with Crippen molar-refractivity contribution in [1.29, 1.82) is 0 Å². The van der Waals surface area contributed by atoms with Crippen molar-refractivity contribution in [3.8, 4) is 11.1 Å². The van der Waals surface area contributed by atoms with E-state index in [2.05, 4.69) is 5.10 Å². The van der Waals surface area contributed by atoms with Gasteiger partial charge in [0.1, 0.15) is 5.69 Å². The topological polar surface area (TPSA) is 95.6 Å². The van der Waals surface area contributed by atoms with E-state index in [-0.39, 0.29) is 19.2 Å². The molecule has 0 spiro atoms. The Morgan fingerprint density at radius 2 is 1.97 bits per heavy atom. The SMILES string of the molecule is CC.COC(=O)c1c(CCCOC(C)=O)c2ccc(Cl)c(-c3c(CO)nn4c3CCC4)c2n1C. The number of aryl methyl sites for hydroxylation is 3. The first-order valence-corrected chi connectivity index (χ1v) is 12.0. The molecular weight excluding hydrogens is 458 g/mol. The van der Waals surface area contributed by atoms with Crippen LogP contribution in [0.25, 0.3) is 22.0 Å². The predicted molar refractivity (Wildman–Crippen MR) is 131 cm³/mol. The molecule has 4 rings (SSSR count). The van der Waals surface area contributed by atoms with Crippen LogP contribution in [0, 0.1) is 0 Å². The summed E-state index contributed by atoms with van der Waals surface area (Å²) in [7, 11) is 3.16. The lowest BCUT2D eigenvalue weighted by atomic mass is 9.97. The van der Waals surface area contributed by atoms with Gasteiger partial charge in [0.2, 0.25) is 0 Å². The molecule has 8 nitrogen and oxygen atoms in total. The average Bonchev–Trinajstić information content (AvgIpc) is 3.50. The number of halogens is 1. The number of carbonyl (C=O) groups excluding carboxylic acids is 2. The number of benzene rings is 1. The molecule has 3 heterocycles. The summed E-state index contributed by atoms with van der Waals surface area (Å²) in [6.07, 6.45) is 2.91. The number of rotatable bonds is 7. The first-order chi connectivity index (χ1) is 16.4. The van der Waals surface area contributed by atoms with E-state index < -0.39 is 5.97 Å². The van der Waals surface area contributed by atoms with Crippen molar-refractivity contribution < 1.29 is 24.2 Å². The van der Waals surface area contributed by atoms with Crippen LogP contribution in [-0.2, 0) is 47.3 Å². The molecule has 0 bridgehead atoms. The molecule has 3 aromatic rings. The molecule has 1 aromatic carbocycles. The lowest BCUT2D eigenvalue weighted by Crippen LogP contribution is -2.11. The summed E-state index contributed by atoms with van der Waals surface area (Å²) < 4.78 is 13.9. The van der Waals surface area contributed by atoms with Gasteiger partial charge in [-0.3, -0.25) is 9.48 Å². The molecule has 0 fully saturated rings. The van der Waals surface area contributed by atoms with Crippen LogP contribution in [0.5, 0.6) is 0 Å². The van der Waals surface area contributed by atoms with Gasteiger partial charge in [0.05, 0.1) is 36.6 Å². The van der Waals surface area contributed by atoms with Crippen molar-refractivity contribution >= 4 is 34.4 Å². The van der Waals surface area contributed by atoms with Crippen LogP contribution in [0.4, 0.5) is 0 Å². The number of aromatic nitrogens is 3. The molecule has 0 saturated carbocycles. The van der Waals surface area contributed by atoms with Gasteiger partial charge in [-0.2, -0.15) is 5.10 Å². The minimum atomic E-state index is -0.448. The molecule has 9 heteroatoms. The van der Waals surface area contributed by atoms with Gasteiger partial charge < -0.3 is 19.1 Å². The zero-order chi connectivity index (χ0) is 25.0. The molecule has 0 saturated heterocycles. The van der Waals surface area contributed by atoms with Crippen LogP contribution < -0.4 is 0 Å². The van der Waals surface area contributed by atoms with E-state index >= 15 is 0 Å². The van der Waals surface area contributed by atoms with Crippen molar-refractivity contribution in [3.63, 3.8) is 0 Å². The van der Waals surface area contributed by atoms with Crippen LogP contribution in [0.3, 0.4) is 0 Å². The fraction of sp³-hybridized carbons (Fsp3) is 0.480. The van der Waals surface area contributed by atoms with Crippen LogP contribution in [0.1, 0.15) is 61.1 Å². The highest BCUT2D eigenvalue weighted by molar-refractivity contribution is 6.35. The van der Waals surface area contributed by atoms with E-state index in [0.29, 0.717) is 29.3 Å². The number of esters is 2. The molecule has 0 amide bonds. The van der Waals surface area contributed by atoms with E-state index in [0.717, 1.165) is 52.7 Å². The van der Waals surface area contributed by atoms with E-state index in [9.17, 15) is 14.7 Å². The standard InChI is InChI=1S/C23H26ClN3O5.C2H6/c1-13(29)32-11-5-6-14-15-8-9-16(24)19(21(15)26(2)22(14)23(30)31-3)20-17(12-28)25-27-10-4-7-18(20)27;1-2/h8-9,28H,4-7,10-12H2,1-3H3;1-2H3. The van der Waals surface area contributed by atoms with E-state index in [1.807, 2.05) is 42.3 Å². The molecule has 1 aliphatic rings. The molecule has 0 aliphatic carbocycles. The maximum Gasteiger partial charge on any atom is 0.354 e. The molecule has 34 heavy (non-hydrogen) atoms. The first kappa shape index (κ1) is 25.8. The Balaban J connectivity index is 0.00000158. The highest BCUT2D eigenvalue weighted by atomic mass is 35.5. The number of ether oxygens (including phenoxy) is 2. The van der Waals surface area contributed by atoms with Gasteiger partial charge in [0, 0.05) is 42.7 Å². The van der Waals surface area contributed by atoms with Gasteiger partial charge in [-0.1, -0.05) is 31.5 Å². The summed E-state index contributed by atoms with van der Waals surface area (Å²) in [6.45, 7) is 6.23. The second-order valence-corrected chi connectivity index (χ2v) is 8.30. The summed E-state index contributed by atoms with van der Waals surface area (Å²) in [5.74, 6) is -0.785. The maximum absolute atomic E-state index is 12.7. The Labute approximate surface area is 204 Å². The molecule has 1 aliphatic heterocycles. The Kier molecular flexibility index (Phi) is 8.38. The Morgan fingerprint density at radius 3 is 2.62 bits per heavy atom. The third-order valence-corrected chi connectivity index (χ3v) is 6.29. The second-order valence-electron chi connectivity index (χ2n) is 7.89. The van der Waals surface area contributed by atoms with E-state index in [1.54, 1.807) is 0 Å². The monoisotopic (exact) mass is 489 g/mol. The van der Waals surface area contributed by atoms with Crippen LogP contribution >= 0.6 is 11.6 Å². The number of carbonyl (C=O) groups is 2. The molecule has 0 radical (unpaired) electrons. The number of hydrogen-bond acceptors (Lipinski definition) is 6. The number of aliphatic hydroxyl groups is 1. The summed E-state index contributed by atoms with van der Waals surface area (Å²) in [6, 6.07) is 3.72. The Hall–Kier alpha value is -2.84. The smallest absolute Gasteiger partial charge is 0.354 e. The summed E-state index contributed by atoms with van der Waals surface area (Å²) in [4.78, 5) is 23.9. The summed E-state index contributed by atoms with van der Waals surface area (Å²) >= 11 is 6.73. The van der Waals surface area contributed by atoms with Crippen molar-refractivity contribution in [3.05, 3.63) is 39.8 Å². The molecule has 184 valence electrons. The molecular formula is C25H32ClN3O5. The average molecular weight is 490 g/mol. The number of nitrogens with zero attached hydrogens (tertiary/aromatic N) is 3. The molecule has 1 N–H and O–H groups in total. The Bertz CT molecular complexity index is 1210. The normalized spacial score (nSPS) is 12.3. The second kappa shape index (κ2) is 11.1. The number of methoxy groups -OCH3 is 1. The van der Waals surface area contributed by atoms with Gasteiger partial charge in [-0.15, -0.1) is 0 Å². The van der Waals surface area contributed by atoms with Crippen molar-refractivity contribution in [1.82, 2.24) is 14.3 Å². The zero-order valence-electron chi connectivity index (χ0n) is 20.4. The fourth-order valence-corrected chi connectivity index (χ4v) is 4.95.